The van der Waals surface area contributed by atoms with E-state index in [9.17, 15) is 9.59 Å². The van der Waals surface area contributed by atoms with E-state index in [1.807, 2.05) is 27.7 Å². The summed E-state index contributed by atoms with van der Waals surface area (Å²) in [6.07, 6.45) is 1.29. The average molecular weight is 309 g/mol. The van der Waals surface area contributed by atoms with Gasteiger partial charge in [0.05, 0.1) is 11.9 Å². The molecular weight excluding hydrogens is 286 g/mol. The van der Waals surface area contributed by atoms with E-state index in [0.29, 0.717) is 26.2 Å². The number of nitrogens with zero attached hydrogens (tertiary/aromatic N) is 5. The molecule has 8 nitrogen and oxygen atoms in total. The van der Waals surface area contributed by atoms with Crippen LogP contribution in [-0.4, -0.2) is 68.6 Å². The first kappa shape index (κ1) is 16.3. The van der Waals surface area contributed by atoms with Crippen molar-refractivity contribution >= 4 is 12.0 Å². The minimum absolute atomic E-state index is 0.0163. The van der Waals surface area contributed by atoms with Crippen LogP contribution >= 0.6 is 0 Å². The lowest BCUT2D eigenvalue weighted by Crippen LogP contribution is -2.52. The fraction of sp³-hybridized carbons (Fsp3) is 0.714. The van der Waals surface area contributed by atoms with Gasteiger partial charge in [0.15, 0.2) is 0 Å². The second-order valence-electron chi connectivity index (χ2n) is 6.38. The molecule has 0 radical (unpaired) electrons. The Labute approximate surface area is 130 Å². The van der Waals surface area contributed by atoms with Crippen molar-refractivity contribution in [3.63, 3.8) is 0 Å². The van der Waals surface area contributed by atoms with Crippen molar-refractivity contribution in [2.24, 2.45) is 0 Å². The highest BCUT2D eigenvalue weighted by Gasteiger charge is 2.27. The summed E-state index contributed by atoms with van der Waals surface area (Å²) >= 11 is 0. The predicted molar refractivity (Wildman–Crippen MR) is 79.1 cm³/mol. The molecular formula is C14H23N5O3. The highest BCUT2D eigenvalue weighted by atomic mass is 16.6. The molecule has 0 aliphatic carbocycles. The Morgan fingerprint density at radius 3 is 2.27 bits per heavy atom. The summed E-state index contributed by atoms with van der Waals surface area (Å²) in [6, 6.07) is 0. The van der Waals surface area contributed by atoms with Crippen LogP contribution in [0.1, 0.15) is 26.5 Å². The van der Waals surface area contributed by atoms with Crippen molar-refractivity contribution in [3.8, 4) is 0 Å². The number of ether oxygens (including phenoxy) is 1. The second-order valence-corrected chi connectivity index (χ2v) is 6.38. The van der Waals surface area contributed by atoms with Gasteiger partial charge in [0.1, 0.15) is 12.1 Å². The Bertz CT molecular complexity index is 541. The van der Waals surface area contributed by atoms with Crippen LogP contribution in [0.4, 0.5) is 4.79 Å². The van der Waals surface area contributed by atoms with Crippen molar-refractivity contribution in [2.45, 2.75) is 39.8 Å². The van der Waals surface area contributed by atoms with Gasteiger partial charge < -0.3 is 14.5 Å². The molecule has 0 aromatic carbocycles. The lowest BCUT2D eigenvalue weighted by atomic mass is 10.2. The van der Waals surface area contributed by atoms with Crippen LogP contribution in [0.3, 0.4) is 0 Å². The first-order valence-electron chi connectivity index (χ1n) is 7.37. The normalized spacial score (nSPS) is 15.8. The lowest BCUT2D eigenvalue weighted by Gasteiger charge is -2.35. The third-order valence-corrected chi connectivity index (χ3v) is 3.38. The maximum absolute atomic E-state index is 12.2. The SMILES string of the molecule is Cc1cnnn1CC(=O)N1CCN(C(=O)OC(C)(C)C)CC1. The first-order chi connectivity index (χ1) is 10.3. The molecule has 0 N–H and O–H groups in total. The number of carbonyl (C=O) groups is 2. The summed E-state index contributed by atoms with van der Waals surface area (Å²) in [5.41, 5.74) is 0.343. The molecule has 0 atom stereocenters. The summed E-state index contributed by atoms with van der Waals surface area (Å²) in [5.74, 6) is -0.0163. The van der Waals surface area contributed by atoms with Crippen LogP contribution in [0.15, 0.2) is 6.20 Å². The van der Waals surface area contributed by atoms with E-state index in [-0.39, 0.29) is 18.5 Å². The highest BCUT2D eigenvalue weighted by molar-refractivity contribution is 5.76. The zero-order chi connectivity index (χ0) is 16.3. The van der Waals surface area contributed by atoms with Gasteiger partial charge in [-0.25, -0.2) is 9.48 Å². The molecule has 2 rings (SSSR count). The summed E-state index contributed by atoms with van der Waals surface area (Å²) in [6.45, 7) is 9.53. The molecule has 2 heterocycles. The van der Waals surface area contributed by atoms with Crippen LogP contribution in [0.5, 0.6) is 0 Å². The number of hydrogen-bond donors (Lipinski definition) is 0. The molecule has 1 fully saturated rings. The molecule has 122 valence electrons. The van der Waals surface area contributed by atoms with Gasteiger partial charge in [-0.15, -0.1) is 5.10 Å². The summed E-state index contributed by atoms with van der Waals surface area (Å²) in [5, 5.41) is 7.63. The Kier molecular flexibility index (Phi) is 4.68. The maximum Gasteiger partial charge on any atom is 0.410 e. The second kappa shape index (κ2) is 6.33. The number of aromatic nitrogens is 3. The molecule has 1 aromatic rings. The largest absolute Gasteiger partial charge is 0.444 e. The third-order valence-electron chi connectivity index (χ3n) is 3.38. The zero-order valence-corrected chi connectivity index (χ0v) is 13.6. The van der Waals surface area contributed by atoms with Crippen molar-refractivity contribution < 1.29 is 14.3 Å². The van der Waals surface area contributed by atoms with Gasteiger partial charge in [-0.1, -0.05) is 5.21 Å². The van der Waals surface area contributed by atoms with Gasteiger partial charge in [-0.3, -0.25) is 4.79 Å². The van der Waals surface area contributed by atoms with Crippen LogP contribution in [-0.2, 0) is 16.1 Å². The van der Waals surface area contributed by atoms with Gasteiger partial charge in [0.2, 0.25) is 5.91 Å². The quantitative estimate of drug-likeness (QED) is 0.802. The predicted octanol–water partition coefficient (Wildman–Crippen LogP) is 0.666. The minimum atomic E-state index is -0.505. The maximum atomic E-state index is 12.2. The Balaban J connectivity index is 1.83. The molecule has 0 spiro atoms. The first-order valence-corrected chi connectivity index (χ1v) is 7.37. The molecule has 0 unspecified atom stereocenters. The molecule has 0 saturated carbocycles. The molecule has 0 bridgehead atoms. The number of hydrogen-bond acceptors (Lipinski definition) is 5. The average Bonchev–Trinajstić information content (AvgIpc) is 2.82. The molecule has 22 heavy (non-hydrogen) atoms. The van der Waals surface area contributed by atoms with Crippen LogP contribution < -0.4 is 0 Å². The number of piperazine rings is 1. The van der Waals surface area contributed by atoms with Gasteiger partial charge in [-0.05, 0) is 27.7 Å². The van der Waals surface area contributed by atoms with Gasteiger partial charge >= 0.3 is 6.09 Å². The third kappa shape index (κ3) is 4.19. The molecule has 2 amide bonds. The van der Waals surface area contributed by atoms with Crippen molar-refractivity contribution in [3.05, 3.63) is 11.9 Å². The van der Waals surface area contributed by atoms with Crippen molar-refractivity contribution in [2.75, 3.05) is 26.2 Å². The molecule has 1 aromatic heterocycles. The van der Waals surface area contributed by atoms with Crippen LogP contribution in [0.25, 0.3) is 0 Å². The van der Waals surface area contributed by atoms with Gasteiger partial charge in [0.25, 0.3) is 0 Å². The molecule has 1 aliphatic rings. The van der Waals surface area contributed by atoms with Crippen molar-refractivity contribution in [1.82, 2.24) is 24.8 Å². The van der Waals surface area contributed by atoms with Crippen molar-refractivity contribution in [1.29, 1.82) is 0 Å². The van der Waals surface area contributed by atoms with E-state index in [1.165, 1.54) is 0 Å². The standard InChI is InChI=1S/C14H23N5O3/c1-11-9-15-16-19(11)10-12(20)17-5-7-18(8-6-17)13(21)22-14(2,3)4/h9H,5-8,10H2,1-4H3. The summed E-state index contributed by atoms with van der Waals surface area (Å²) in [4.78, 5) is 27.6. The monoisotopic (exact) mass is 309 g/mol. The fourth-order valence-electron chi connectivity index (χ4n) is 2.16. The zero-order valence-electron chi connectivity index (χ0n) is 13.6. The van der Waals surface area contributed by atoms with Crippen LogP contribution in [0.2, 0.25) is 0 Å². The Morgan fingerprint density at radius 2 is 1.77 bits per heavy atom. The fourth-order valence-corrected chi connectivity index (χ4v) is 2.16. The number of amides is 2. The molecule has 1 saturated heterocycles. The molecule has 1 aliphatic heterocycles. The van der Waals surface area contributed by atoms with E-state index in [2.05, 4.69) is 10.3 Å². The molecule has 8 heteroatoms. The van der Waals surface area contributed by atoms with Crippen LogP contribution in [0, 0.1) is 6.92 Å². The highest BCUT2D eigenvalue weighted by Crippen LogP contribution is 2.12. The van der Waals surface area contributed by atoms with E-state index in [0.717, 1.165) is 5.69 Å². The Morgan fingerprint density at radius 1 is 1.18 bits per heavy atom. The Hall–Kier alpha value is -2.12. The summed E-state index contributed by atoms with van der Waals surface area (Å²) in [7, 11) is 0. The number of rotatable bonds is 2. The summed E-state index contributed by atoms with van der Waals surface area (Å²) < 4.78 is 6.91. The van der Waals surface area contributed by atoms with E-state index < -0.39 is 5.60 Å². The minimum Gasteiger partial charge on any atom is -0.444 e. The lowest BCUT2D eigenvalue weighted by molar-refractivity contribution is -0.133. The smallest absolute Gasteiger partial charge is 0.410 e. The number of carbonyl (C=O) groups excluding carboxylic acids is 2. The van der Waals surface area contributed by atoms with Gasteiger partial charge in [0, 0.05) is 26.2 Å². The topological polar surface area (TPSA) is 80.6 Å². The van der Waals surface area contributed by atoms with Gasteiger partial charge in [-0.2, -0.15) is 0 Å². The van der Waals surface area contributed by atoms with E-state index in [1.54, 1.807) is 20.7 Å². The van der Waals surface area contributed by atoms with E-state index >= 15 is 0 Å². The van der Waals surface area contributed by atoms with E-state index in [4.69, 9.17) is 4.74 Å². The number of aryl methyl sites for hydroxylation is 1.